The van der Waals surface area contributed by atoms with E-state index in [0.717, 1.165) is 37.7 Å². The van der Waals surface area contributed by atoms with Gasteiger partial charge in [0.15, 0.2) is 0 Å². The number of alkyl halides is 2. The summed E-state index contributed by atoms with van der Waals surface area (Å²) in [5, 5.41) is 0.647. The van der Waals surface area contributed by atoms with Gasteiger partial charge in [-0.15, -0.1) is 0 Å². The number of carbonyl (C=O) groups is 4. The van der Waals surface area contributed by atoms with E-state index in [1.165, 1.54) is 0 Å². The number of halogens is 2. The van der Waals surface area contributed by atoms with E-state index < -0.39 is 35.2 Å². The lowest BCUT2D eigenvalue weighted by Crippen LogP contribution is -2.51. The second kappa shape index (κ2) is 13.8. The first-order valence-corrected chi connectivity index (χ1v) is 11.6. The number of primary amides is 1. The van der Waals surface area contributed by atoms with E-state index in [2.05, 4.69) is 5.43 Å². The molecule has 1 aromatic carbocycles. The number of nitrogens with zero attached hydrogens (tertiary/aromatic N) is 1. The van der Waals surface area contributed by atoms with Crippen LogP contribution in [0, 0.1) is 11.8 Å². The summed E-state index contributed by atoms with van der Waals surface area (Å²) in [6.45, 7) is -0.252. The number of benzene rings is 1. The van der Waals surface area contributed by atoms with Crippen LogP contribution < -0.4 is 11.2 Å². The molecule has 1 saturated carbocycles. The van der Waals surface area contributed by atoms with Gasteiger partial charge in [0.05, 0.1) is 18.9 Å². The fraction of sp³-hybridized carbons (Fsp3) is 0.565. The minimum atomic E-state index is -2.40. The van der Waals surface area contributed by atoms with Gasteiger partial charge in [0.2, 0.25) is 11.8 Å². The average Bonchev–Trinajstić information content (AvgIpc) is 2.80. The summed E-state index contributed by atoms with van der Waals surface area (Å²) >= 11 is 5.24. The van der Waals surface area contributed by atoms with E-state index in [9.17, 15) is 23.6 Å². The van der Waals surface area contributed by atoms with Crippen molar-refractivity contribution in [2.75, 3.05) is 6.54 Å². The number of hydrogen-bond acceptors (Lipinski definition) is 5. The Morgan fingerprint density at radius 1 is 1.15 bits per heavy atom. The number of nitrogens with two attached hydrogens (primary N) is 1. The summed E-state index contributed by atoms with van der Waals surface area (Å²) in [6.07, 6.45) is 5.09. The van der Waals surface area contributed by atoms with Crippen LogP contribution in [0.4, 0.5) is 4.39 Å². The van der Waals surface area contributed by atoms with Crippen LogP contribution in [0.25, 0.3) is 0 Å². The van der Waals surface area contributed by atoms with E-state index >= 15 is 0 Å². The number of nitrogens with one attached hydrogen (secondary N) is 1. The topological polar surface area (TPSA) is 119 Å². The zero-order chi connectivity index (χ0) is 24.2. The van der Waals surface area contributed by atoms with Crippen molar-refractivity contribution in [1.29, 1.82) is 0 Å². The maximum Gasteiger partial charge on any atom is 0.306 e. The minimum absolute atomic E-state index is 0.0798. The highest BCUT2D eigenvalue weighted by atomic mass is 35.5. The predicted molar refractivity (Wildman–Crippen MR) is 120 cm³/mol. The van der Waals surface area contributed by atoms with Crippen molar-refractivity contribution in [3.63, 3.8) is 0 Å². The Morgan fingerprint density at radius 3 is 2.42 bits per heavy atom. The number of amides is 3. The molecule has 1 fully saturated rings. The third-order valence-corrected chi connectivity index (χ3v) is 5.84. The van der Waals surface area contributed by atoms with Crippen molar-refractivity contribution in [2.24, 2.45) is 17.6 Å². The van der Waals surface area contributed by atoms with E-state index in [0.29, 0.717) is 11.4 Å². The Bertz CT molecular complexity index is 803. The molecule has 1 aliphatic rings. The van der Waals surface area contributed by atoms with Crippen LogP contribution in [0.2, 0.25) is 0 Å². The van der Waals surface area contributed by atoms with Crippen molar-refractivity contribution >= 4 is 35.3 Å². The smallest absolute Gasteiger partial charge is 0.306 e. The minimum Gasteiger partial charge on any atom is -0.461 e. The van der Waals surface area contributed by atoms with Crippen LogP contribution in [0.1, 0.15) is 56.9 Å². The van der Waals surface area contributed by atoms with Crippen LogP contribution in [-0.4, -0.2) is 40.9 Å². The molecule has 1 aliphatic carbocycles. The van der Waals surface area contributed by atoms with Crippen molar-refractivity contribution < 1.29 is 28.3 Å². The van der Waals surface area contributed by atoms with E-state index in [1.807, 2.05) is 30.3 Å². The number of hydrogen-bond donors (Lipinski definition) is 2. The van der Waals surface area contributed by atoms with E-state index in [4.69, 9.17) is 22.1 Å². The second-order valence-corrected chi connectivity index (χ2v) is 8.65. The Hall–Kier alpha value is -2.68. The molecule has 8 nitrogen and oxygen atoms in total. The van der Waals surface area contributed by atoms with Crippen molar-refractivity contribution in [3.05, 3.63) is 35.9 Å². The van der Waals surface area contributed by atoms with Gasteiger partial charge in [-0.1, -0.05) is 74.0 Å². The third-order valence-electron chi connectivity index (χ3n) is 5.65. The van der Waals surface area contributed by atoms with Crippen molar-refractivity contribution in [1.82, 2.24) is 10.4 Å². The maximum absolute atomic E-state index is 13.4. The zero-order valence-electron chi connectivity index (χ0n) is 18.5. The highest BCUT2D eigenvalue weighted by Crippen LogP contribution is 2.30. The van der Waals surface area contributed by atoms with Gasteiger partial charge >= 0.3 is 5.97 Å². The normalized spacial score (nSPS) is 15.8. The second-order valence-electron chi connectivity index (χ2n) is 8.27. The van der Waals surface area contributed by atoms with Crippen molar-refractivity contribution in [2.45, 2.75) is 63.6 Å². The van der Waals surface area contributed by atoms with Gasteiger partial charge < -0.3 is 10.5 Å². The highest BCUT2D eigenvalue weighted by molar-refractivity contribution is 6.29. The highest BCUT2D eigenvalue weighted by Gasteiger charge is 2.31. The fourth-order valence-electron chi connectivity index (χ4n) is 3.89. The molecule has 0 spiro atoms. The number of carbonyl (C=O) groups excluding carboxylic acids is 4. The first-order chi connectivity index (χ1) is 15.8. The van der Waals surface area contributed by atoms with Gasteiger partial charge in [-0.25, -0.2) is 9.40 Å². The summed E-state index contributed by atoms with van der Waals surface area (Å²) < 4.78 is 18.7. The Balaban J connectivity index is 2.05. The van der Waals surface area contributed by atoms with Gasteiger partial charge in [-0.3, -0.25) is 24.6 Å². The maximum atomic E-state index is 13.4. The molecule has 182 valence electrons. The van der Waals surface area contributed by atoms with Gasteiger partial charge in [0.25, 0.3) is 11.5 Å². The van der Waals surface area contributed by atoms with Gasteiger partial charge in [0.1, 0.15) is 6.61 Å². The Kier molecular flexibility index (Phi) is 11.1. The summed E-state index contributed by atoms with van der Waals surface area (Å²) in [5.41, 5.74) is 5.85. The Morgan fingerprint density at radius 2 is 1.82 bits per heavy atom. The molecule has 2 atom stereocenters. The molecule has 3 amide bonds. The SMILES string of the molecule is NC(=O)CCN(NC(=O)[C@@H](CC(=O)OCc1ccccc1)CC1CCCCC1)C(=O)[C@@H](F)Cl. The fourth-order valence-corrected chi connectivity index (χ4v) is 4.01. The third kappa shape index (κ3) is 9.77. The summed E-state index contributed by atoms with van der Waals surface area (Å²) in [5.74, 6) is -3.65. The lowest BCUT2D eigenvalue weighted by Gasteiger charge is -2.28. The average molecular weight is 484 g/mol. The van der Waals surface area contributed by atoms with Gasteiger partial charge in [-0.05, 0) is 17.9 Å². The van der Waals surface area contributed by atoms with Gasteiger partial charge in [-0.2, -0.15) is 0 Å². The molecular formula is C23H31ClFN3O5. The molecule has 0 bridgehead atoms. The quantitative estimate of drug-likeness (QED) is 0.285. The molecule has 33 heavy (non-hydrogen) atoms. The summed E-state index contributed by atoms with van der Waals surface area (Å²) in [6, 6.07) is 9.15. The molecule has 2 rings (SSSR count). The molecule has 0 unspecified atom stereocenters. The van der Waals surface area contributed by atoms with Crippen LogP contribution >= 0.6 is 11.6 Å². The molecule has 0 aromatic heterocycles. The standard InChI is InChI=1S/C23H31ClFN3O5/c24-21(25)23(32)28(12-11-19(26)29)27-22(31)18(13-16-7-3-1-4-8-16)14-20(30)33-15-17-9-5-2-6-10-17/h2,5-6,9-10,16,18,21H,1,3-4,7-8,11-15H2,(H2,26,29)(H,27,31)/t18-,21-/m1/s1. The number of ether oxygens (including phenoxy) is 1. The first-order valence-electron chi connectivity index (χ1n) is 11.1. The van der Waals surface area contributed by atoms with Crippen LogP contribution in [-0.2, 0) is 30.5 Å². The van der Waals surface area contributed by atoms with E-state index in [-0.39, 0.29) is 31.9 Å². The molecule has 0 saturated heterocycles. The largest absolute Gasteiger partial charge is 0.461 e. The van der Waals surface area contributed by atoms with Crippen molar-refractivity contribution in [3.8, 4) is 0 Å². The molecular weight excluding hydrogens is 453 g/mol. The monoisotopic (exact) mass is 483 g/mol. The molecule has 0 heterocycles. The van der Waals surface area contributed by atoms with Crippen LogP contribution in [0.15, 0.2) is 30.3 Å². The summed E-state index contributed by atoms with van der Waals surface area (Å²) in [7, 11) is 0. The lowest BCUT2D eigenvalue weighted by molar-refractivity contribution is -0.151. The number of esters is 1. The van der Waals surface area contributed by atoms with Crippen LogP contribution in [0.3, 0.4) is 0 Å². The Labute approximate surface area is 197 Å². The summed E-state index contributed by atoms with van der Waals surface area (Å²) in [4.78, 5) is 48.6. The van der Waals surface area contributed by atoms with Crippen LogP contribution in [0.5, 0.6) is 0 Å². The number of hydrazine groups is 1. The molecule has 1 aromatic rings. The molecule has 3 N–H and O–H groups in total. The van der Waals surface area contributed by atoms with E-state index in [1.54, 1.807) is 0 Å². The number of rotatable bonds is 11. The molecule has 10 heteroatoms. The predicted octanol–water partition coefficient (Wildman–Crippen LogP) is 2.98. The zero-order valence-corrected chi connectivity index (χ0v) is 19.3. The lowest BCUT2D eigenvalue weighted by atomic mass is 9.81. The molecule has 0 aliphatic heterocycles. The molecule has 0 radical (unpaired) electrons. The van der Waals surface area contributed by atoms with Gasteiger partial charge in [0, 0.05) is 6.42 Å². The first kappa shape index (κ1) is 26.6.